The lowest BCUT2D eigenvalue weighted by Gasteiger charge is -2.15. The summed E-state index contributed by atoms with van der Waals surface area (Å²) in [5, 5.41) is 2.34. The van der Waals surface area contributed by atoms with Crippen LogP contribution in [0.4, 0.5) is 0 Å². The monoisotopic (exact) mass is 600 g/mol. The minimum atomic E-state index is 0.876. The van der Waals surface area contributed by atoms with Crippen molar-refractivity contribution in [2.45, 2.75) is 0 Å². The summed E-state index contributed by atoms with van der Waals surface area (Å²) in [4.78, 5) is 15.3. The molecule has 2 aromatic heterocycles. The third-order valence-corrected chi connectivity index (χ3v) is 8.83. The average molecular weight is 601 g/mol. The van der Waals surface area contributed by atoms with Crippen molar-refractivity contribution in [2.75, 3.05) is 0 Å². The van der Waals surface area contributed by atoms with Crippen LogP contribution in [-0.2, 0) is 0 Å². The highest BCUT2D eigenvalue weighted by Crippen LogP contribution is 2.39. The Morgan fingerprint density at radius 3 is 1.51 bits per heavy atom. The number of para-hydroxylation sites is 5. The largest absolute Gasteiger partial charge is 0.292 e. The van der Waals surface area contributed by atoms with Crippen LogP contribution >= 0.6 is 0 Å². The van der Waals surface area contributed by atoms with E-state index in [1.54, 1.807) is 0 Å². The van der Waals surface area contributed by atoms with Gasteiger partial charge in [0.2, 0.25) is 0 Å². The lowest BCUT2D eigenvalue weighted by atomic mass is 9.93. The minimum absolute atomic E-state index is 0.876. The zero-order valence-electron chi connectivity index (χ0n) is 25.5. The highest BCUT2D eigenvalue weighted by molar-refractivity contribution is 6.05. The van der Waals surface area contributed by atoms with Crippen LogP contribution in [0.25, 0.3) is 83.6 Å². The highest BCUT2D eigenvalue weighted by atomic mass is 15.1. The van der Waals surface area contributed by atoms with Gasteiger partial charge in [-0.15, -0.1) is 0 Å². The molecule has 0 aliphatic rings. The number of rotatable bonds is 5. The molecule has 220 valence electrons. The van der Waals surface area contributed by atoms with E-state index in [0.29, 0.717) is 0 Å². The molecular formula is C43H28N4. The molecule has 4 nitrogen and oxygen atoms in total. The van der Waals surface area contributed by atoms with Crippen molar-refractivity contribution >= 4 is 32.8 Å². The van der Waals surface area contributed by atoms with Gasteiger partial charge in [-0.1, -0.05) is 127 Å². The Balaban J connectivity index is 1.18. The fourth-order valence-electron chi connectivity index (χ4n) is 6.60. The van der Waals surface area contributed by atoms with Gasteiger partial charge >= 0.3 is 0 Å². The molecule has 0 aliphatic carbocycles. The number of hydrogen-bond acceptors (Lipinski definition) is 3. The summed E-state index contributed by atoms with van der Waals surface area (Å²) >= 11 is 0. The summed E-state index contributed by atoms with van der Waals surface area (Å²) in [5.41, 5.74) is 12.2. The Labute approximate surface area is 272 Å². The van der Waals surface area contributed by atoms with Crippen LogP contribution in [0.3, 0.4) is 0 Å². The van der Waals surface area contributed by atoms with Crippen LogP contribution in [0.1, 0.15) is 0 Å². The Hall–Kier alpha value is -6.39. The van der Waals surface area contributed by atoms with E-state index in [4.69, 9.17) is 15.0 Å². The maximum atomic E-state index is 5.16. The van der Waals surface area contributed by atoms with E-state index in [9.17, 15) is 0 Å². The molecule has 0 fully saturated rings. The molecule has 7 aromatic carbocycles. The van der Waals surface area contributed by atoms with Crippen molar-refractivity contribution in [3.8, 4) is 50.7 Å². The molecule has 0 atom stereocenters. The Bertz CT molecular complexity index is 2550. The first-order valence-corrected chi connectivity index (χ1v) is 15.8. The van der Waals surface area contributed by atoms with Crippen LogP contribution in [0, 0.1) is 0 Å². The van der Waals surface area contributed by atoms with Crippen LogP contribution in [-0.4, -0.2) is 19.5 Å². The normalized spacial score (nSPS) is 11.4. The lowest BCUT2D eigenvalue weighted by Crippen LogP contribution is -1.98. The van der Waals surface area contributed by atoms with E-state index in [2.05, 4.69) is 120 Å². The second kappa shape index (κ2) is 11.2. The van der Waals surface area contributed by atoms with Crippen LogP contribution in [0.15, 0.2) is 170 Å². The number of hydrogen-bond donors (Lipinski definition) is 0. The predicted octanol–water partition coefficient (Wildman–Crippen LogP) is 10.8. The summed E-state index contributed by atoms with van der Waals surface area (Å²) < 4.78 is 2.26. The van der Waals surface area contributed by atoms with Gasteiger partial charge in [0.05, 0.1) is 33.5 Å². The molecule has 0 bridgehead atoms. The molecule has 4 heteroatoms. The van der Waals surface area contributed by atoms with Crippen molar-refractivity contribution in [3.05, 3.63) is 170 Å². The van der Waals surface area contributed by atoms with Gasteiger partial charge in [0.15, 0.2) is 0 Å². The fourth-order valence-corrected chi connectivity index (χ4v) is 6.60. The SMILES string of the molecule is c1ccc(-c2nc3ccccc3nc2-c2ccc(-c3ccc(-c4nc5ccccc5n4-c4ccccc4)c4ccccc34)cc2)cc1. The van der Waals surface area contributed by atoms with Gasteiger partial charge in [0.1, 0.15) is 5.82 Å². The zero-order valence-corrected chi connectivity index (χ0v) is 25.5. The quantitative estimate of drug-likeness (QED) is 0.197. The van der Waals surface area contributed by atoms with Gasteiger partial charge in [0, 0.05) is 22.4 Å². The number of nitrogens with zero attached hydrogens (tertiary/aromatic N) is 4. The molecule has 0 spiro atoms. The van der Waals surface area contributed by atoms with E-state index in [1.807, 2.05) is 54.6 Å². The molecule has 9 rings (SSSR count). The van der Waals surface area contributed by atoms with E-state index in [-0.39, 0.29) is 0 Å². The van der Waals surface area contributed by atoms with Gasteiger partial charge in [0.25, 0.3) is 0 Å². The van der Waals surface area contributed by atoms with Crippen molar-refractivity contribution in [1.82, 2.24) is 19.5 Å². The molecule has 0 radical (unpaired) electrons. The van der Waals surface area contributed by atoms with Crippen molar-refractivity contribution in [2.24, 2.45) is 0 Å². The van der Waals surface area contributed by atoms with Gasteiger partial charge in [-0.2, -0.15) is 0 Å². The topological polar surface area (TPSA) is 43.6 Å². The Kier molecular flexibility index (Phi) is 6.43. The van der Waals surface area contributed by atoms with E-state index >= 15 is 0 Å². The second-order valence-electron chi connectivity index (χ2n) is 11.7. The third-order valence-electron chi connectivity index (χ3n) is 8.83. The fraction of sp³-hybridized carbons (Fsp3) is 0. The van der Waals surface area contributed by atoms with Gasteiger partial charge in [-0.25, -0.2) is 15.0 Å². The van der Waals surface area contributed by atoms with Gasteiger partial charge in [-0.05, 0) is 64.4 Å². The lowest BCUT2D eigenvalue weighted by molar-refractivity contribution is 1.11. The molecule has 0 saturated carbocycles. The minimum Gasteiger partial charge on any atom is -0.292 e. The molecule has 9 aromatic rings. The molecule has 0 unspecified atom stereocenters. The van der Waals surface area contributed by atoms with Crippen LogP contribution in [0.5, 0.6) is 0 Å². The first-order chi connectivity index (χ1) is 23.3. The standard InChI is InChI=1S/C43H28N4/c1-3-13-30(14-4-1)41-42(45-38-20-10-9-19-37(38)44-41)31-25-23-29(24-26-31)33-27-28-36(35-18-8-7-17-34(33)35)43-46-39-21-11-12-22-40(39)47(43)32-15-5-2-6-16-32/h1-28H. The maximum absolute atomic E-state index is 5.16. The second-order valence-corrected chi connectivity index (χ2v) is 11.7. The summed E-state index contributed by atoms with van der Waals surface area (Å²) in [6, 6.07) is 59.0. The van der Waals surface area contributed by atoms with Gasteiger partial charge in [-0.3, -0.25) is 4.57 Å². The first kappa shape index (κ1) is 27.0. The van der Waals surface area contributed by atoms with Gasteiger partial charge < -0.3 is 0 Å². The number of imidazole rings is 1. The van der Waals surface area contributed by atoms with E-state index in [1.165, 1.54) is 10.9 Å². The summed E-state index contributed by atoms with van der Waals surface area (Å²) in [7, 11) is 0. The van der Waals surface area contributed by atoms with E-state index in [0.717, 1.165) is 72.6 Å². The summed E-state index contributed by atoms with van der Waals surface area (Å²) in [6.07, 6.45) is 0. The summed E-state index contributed by atoms with van der Waals surface area (Å²) in [6.45, 7) is 0. The molecule has 0 N–H and O–H groups in total. The van der Waals surface area contributed by atoms with Crippen LogP contribution < -0.4 is 0 Å². The van der Waals surface area contributed by atoms with Crippen molar-refractivity contribution < 1.29 is 0 Å². The predicted molar refractivity (Wildman–Crippen MR) is 193 cm³/mol. The molecule has 0 aliphatic heterocycles. The molecule has 47 heavy (non-hydrogen) atoms. The Morgan fingerprint density at radius 2 is 0.830 bits per heavy atom. The zero-order chi connectivity index (χ0) is 31.2. The highest BCUT2D eigenvalue weighted by Gasteiger charge is 2.18. The molecular weight excluding hydrogens is 573 g/mol. The smallest absolute Gasteiger partial charge is 0.146 e. The third kappa shape index (κ3) is 4.66. The van der Waals surface area contributed by atoms with Crippen molar-refractivity contribution in [1.29, 1.82) is 0 Å². The number of benzene rings is 7. The van der Waals surface area contributed by atoms with E-state index < -0.39 is 0 Å². The average Bonchev–Trinajstić information content (AvgIpc) is 3.54. The van der Waals surface area contributed by atoms with Crippen molar-refractivity contribution in [3.63, 3.8) is 0 Å². The number of fused-ring (bicyclic) bond motifs is 3. The molecule has 0 amide bonds. The first-order valence-electron chi connectivity index (χ1n) is 15.8. The number of aromatic nitrogens is 4. The maximum Gasteiger partial charge on any atom is 0.146 e. The molecule has 2 heterocycles. The molecule has 0 saturated heterocycles. The Morgan fingerprint density at radius 1 is 0.340 bits per heavy atom. The van der Waals surface area contributed by atoms with Crippen LogP contribution in [0.2, 0.25) is 0 Å². The summed E-state index contributed by atoms with van der Waals surface area (Å²) in [5.74, 6) is 0.929.